The molecule has 3 aromatic carbocycles. The standard InChI is InChI=1S/C25H21N/c26-18-24(20-10-3-1-4-11-20)25(21-12-5-2-6-13-21)23-16-15-19-9-7-8-14-22(19)17-23/h1-6,10-13,15-17H,7-9,14H2/b25-24+. The molecule has 0 aliphatic heterocycles. The van der Waals surface area contributed by atoms with Gasteiger partial charge in [0.05, 0.1) is 5.57 Å². The molecule has 0 saturated heterocycles. The van der Waals surface area contributed by atoms with Gasteiger partial charge in [-0.3, -0.25) is 0 Å². The van der Waals surface area contributed by atoms with Gasteiger partial charge in [-0.2, -0.15) is 5.26 Å². The van der Waals surface area contributed by atoms with Crippen LogP contribution < -0.4 is 0 Å². The molecule has 0 bridgehead atoms. The summed E-state index contributed by atoms with van der Waals surface area (Å²) in [5.74, 6) is 0. The van der Waals surface area contributed by atoms with E-state index >= 15 is 0 Å². The number of nitriles is 1. The third-order valence-corrected chi connectivity index (χ3v) is 5.12. The van der Waals surface area contributed by atoms with E-state index in [4.69, 9.17) is 0 Å². The van der Waals surface area contributed by atoms with Crippen LogP contribution in [0, 0.1) is 11.3 Å². The van der Waals surface area contributed by atoms with E-state index in [1.165, 1.54) is 30.4 Å². The van der Waals surface area contributed by atoms with Gasteiger partial charge in [-0.15, -0.1) is 0 Å². The lowest BCUT2D eigenvalue weighted by Gasteiger charge is -2.19. The number of hydrogen-bond acceptors (Lipinski definition) is 1. The van der Waals surface area contributed by atoms with E-state index in [-0.39, 0.29) is 0 Å². The summed E-state index contributed by atoms with van der Waals surface area (Å²) in [5, 5.41) is 10.0. The molecule has 1 aliphatic carbocycles. The van der Waals surface area contributed by atoms with Crippen LogP contribution in [0.25, 0.3) is 11.1 Å². The zero-order valence-corrected chi connectivity index (χ0v) is 14.8. The summed E-state index contributed by atoms with van der Waals surface area (Å²) in [4.78, 5) is 0. The minimum atomic E-state index is 0.729. The maximum absolute atomic E-state index is 10.0. The van der Waals surface area contributed by atoms with E-state index in [0.717, 1.165) is 34.3 Å². The van der Waals surface area contributed by atoms with Crippen molar-refractivity contribution in [1.29, 1.82) is 5.26 Å². The van der Waals surface area contributed by atoms with Gasteiger partial charge >= 0.3 is 0 Å². The molecule has 0 atom stereocenters. The number of rotatable bonds is 3. The highest BCUT2D eigenvalue weighted by Gasteiger charge is 2.16. The van der Waals surface area contributed by atoms with Crippen molar-refractivity contribution >= 4 is 11.1 Å². The molecule has 4 rings (SSSR count). The molecule has 1 heteroatoms. The van der Waals surface area contributed by atoms with Crippen LogP contribution in [0.2, 0.25) is 0 Å². The average Bonchev–Trinajstić information content (AvgIpc) is 2.73. The first-order valence-electron chi connectivity index (χ1n) is 9.24. The molecule has 1 nitrogen and oxygen atoms in total. The minimum Gasteiger partial charge on any atom is -0.192 e. The predicted octanol–water partition coefficient (Wildman–Crippen LogP) is 6.05. The predicted molar refractivity (Wildman–Crippen MR) is 107 cm³/mol. The molecule has 0 heterocycles. The van der Waals surface area contributed by atoms with Crippen molar-refractivity contribution in [3.8, 4) is 6.07 Å². The van der Waals surface area contributed by atoms with E-state index in [9.17, 15) is 5.26 Å². The highest BCUT2D eigenvalue weighted by atomic mass is 14.3. The molecule has 0 unspecified atom stereocenters. The van der Waals surface area contributed by atoms with Crippen molar-refractivity contribution in [3.05, 3.63) is 107 Å². The molecular weight excluding hydrogens is 314 g/mol. The van der Waals surface area contributed by atoms with Crippen molar-refractivity contribution in [1.82, 2.24) is 0 Å². The van der Waals surface area contributed by atoms with E-state index in [1.807, 2.05) is 48.5 Å². The molecular formula is C25H21N. The summed E-state index contributed by atoms with van der Waals surface area (Å²) in [6, 6.07) is 29.5. The normalized spacial score (nSPS) is 14.1. The molecule has 0 saturated carbocycles. The number of fused-ring (bicyclic) bond motifs is 1. The van der Waals surface area contributed by atoms with E-state index < -0.39 is 0 Å². The third-order valence-electron chi connectivity index (χ3n) is 5.12. The van der Waals surface area contributed by atoms with Crippen LogP contribution in [-0.2, 0) is 12.8 Å². The maximum atomic E-state index is 10.0. The summed E-state index contributed by atoms with van der Waals surface area (Å²) in [5.41, 5.74) is 7.84. The quantitative estimate of drug-likeness (QED) is 0.422. The highest BCUT2D eigenvalue weighted by Crippen LogP contribution is 2.34. The Balaban J connectivity index is 1.95. The molecule has 126 valence electrons. The van der Waals surface area contributed by atoms with Gasteiger partial charge in [0, 0.05) is 5.57 Å². The first kappa shape index (κ1) is 16.4. The van der Waals surface area contributed by atoms with Gasteiger partial charge in [-0.1, -0.05) is 78.9 Å². The summed E-state index contributed by atoms with van der Waals surface area (Å²) in [6.07, 6.45) is 4.84. The fourth-order valence-corrected chi connectivity index (χ4v) is 3.82. The van der Waals surface area contributed by atoms with Crippen LogP contribution in [0.1, 0.15) is 40.7 Å². The Labute approximate surface area is 155 Å². The summed E-state index contributed by atoms with van der Waals surface area (Å²) >= 11 is 0. The van der Waals surface area contributed by atoms with Crippen LogP contribution in [0.3, 0.4) is 0 Å². The van der Waals surface area contributed by atoms with Gasteiger partial charge < -0.3 is 0 Å². The van der Waals surface area contributed by atoms with Crippen molar-refractivity contribution in [2.45, 2.75) is 25.7 Å². The second-order valence-electron chi connectivity index (χ2n) is 6.78. The van der Waals surface area contributed by atoms with Crippen LogP contribution in [0.15, 0.2) is 78.9 Å². The lowest BCUT2D eigenvalue weighted by molar-refractivity contribution is 0.685. The molecule has 0 N–H and O–H groups in total. The van der Waals surface area contributed by atoms with E-state index in [1.54, 1.807) is 0 Å². The number of aryl methyl sites for hydroxylation is 2. The van der Waals surface area contributed by atoms with Gasteiger partial charge in [0.25, 0.3) is 0 Å². The first-order chi connectivity index (χ1) is 12.9. The largest absolute Gasteiger partial charge is 0.192 e. The minimum absolute atomic E-state index is 0.729. The molecule has 3 aromatic rings. The second kappa shape index (κ2) is 7.42. The highest BCUT2D eigenvalue weighted by molar-refractivity contribution is 6.03. The SMILES string of the molecule is N#C/C(=C(/c1ccccc1)c1ccc2c(c1)CCCC2)c1ccccc1. The van der Waals surface area contributed by atoms with Crippen molar-refractivity contribution < 1.29 is 0 Å². The fourth-order valence-electron chi connectivity index (χ4n) is 3.82. The van der Waals surface area contributed by atoms with E-state index in [2.05, 4.69) is 36.4 Å². The smallest absolute Gasteiger partial charge is 0.100 e. The molecule has 0 fully saturated rings. The van der Waals surface area contributed by atoms with Gasteiger partial charge in [0.1, 0.15) is 6.07 Å². The Bertz CT molecular complexity index is 976. The zero-order chi connectivity index (χ0) is 17.8. The van der Waals surface area contributed by atoms with Crippen LogP contribution >= 0.6 is 0 Å². The summed E-state index contributed by atoms with van der Waals surface area (Å²) in [7, 11) is 0. The zero-order valence-electron chi connectivity index (χ0n) is 14.8. The lowest BCUT2D eigenvalue weighted by Crippen LogP contribution is -2.04. The maximum Gasteiger partial charge on any atom is 0.100 e. The van der Waals surface area contributed by atoms with E-state index in [0.29, 0.717) is 0 Å². The van der Waals surface area contributed by atoms with Gasteiger partial charge in [-0.25, -0.2) is 0 Å². The van der Waals surface area contributed by atoms with Gasteiger partial charge in [0.15, 0.2) is 0 Å². The number of hydrogen-bond donors (Lipinski definition) is 0. The number of benzene rings is 3. The third kappa shape index (κ3) is 3.19. The molecule has 0 radical (unpaired) electrons. The second-order valence-corrected chi connectivity index (χ2v) is 6.78. The fraction of sp³-hybridized carbons (Fsp3) is 0.160. The molecule has 0 amide bonds. The average molecular weight is 335 g/mol. The Morgan fingerprint density at radius 1 is 0.654 bits per heavy atom. The lowest BCUT2D eigenvalue weighted by atomic mass is 9.85. The van der Waals surface area contributed by atoms with Gasteiger partial charge in [-0.05, 0) is 53.5 Å². The van der Waals surface area contributed by atoms with Gasteiger partial charge in [0.2, 0.25) is 0 Å². The Morgan fingerprint density at radius 3 is 1.92 bits per heavy atom. The molecule has 0 spiro atoms. The van der Waals surface area contributed by atoms with Crippen LogP contribution in [0.5, 0.6) is 0 Å². The number of nitrogens with zero attached hydrogens (tertiary/aromatic N) is 1. The topological polar surface area (TPSA) is 23.8 Å². The van der Waals surface area contributed by atoms with Crippen LogP contribution in [0.4, 0.5) is 0 Å². The molecule has 1 aliphatic rings. The molecule has 26 heavy (non-hydrogen) atoms. The van der Waals surface area contributed by atoms with Crippen LogP contribution in [-0.4, -0.2) is 0 Å². The Morgan fingerprint density at radius 2 is 1.27 bits per heavy atom. The Hall–Kier alpha value is -3.11. The summed E-state index contributed by atoms with van der Waals surface area (Å²) in [6.45, 7) is 0. The monoisotopic (exact) mass is 335 g/mol. The van der Waals surface area contributed by atoms with Crippen molar-refractivity contribution in [2.75, 3.05) is 0 Å². The number of allylic oxidation sites excluding steroid dienone is 1. The Kier molecular flexibility index (Phi) is 4.67. The van der Waals surface area contributed by atoms with Crippen molar-refractivity contribution in [3.63, 3.8) is 0 Å². The molecule has 0 aromatic heterocycles. The summed E-state index contributed by atoms with van der Waals surface area (Å²) < 4.78 is 0. The van der Waals surface area contributed by atoms with Crippen molar-refractivity contribution in [2.24, 2.45) is 0 Å². The first-order valence-corrected chi connectivity index (χ1v) is 9.24.